The van der Waals surface area contributed by atoms with Crippen molar-refractivity contribution in [2.45, 2.75) is 65.5 Å². The van der Waals surface area contributed by atoms with Gasteiger partial charge in [-0.1, -0.05) is 62.6 Å². The van der Waals surface area contributed by atoms with Crippen LogP contribution in [0.4, 0.5) is 0 Å². The van der Waals surface area contributed by atoms with Gasteiger partial charge in [0.25, 0.3) is 0 Å². The quantitative estimate of drug-likeness (QED) is 0.311. The van der Waals surface area contributed by atoms with Crippen molar-refractivity contribution < 1.29 is 0 Å². The van der Waals surface area contributed by atoms with Crippen molar-refractivity contribution in [1.29, 1.82) is 0 Å². The number of halogens is 1. The van der Waals surface area contributed by atoms with Crippen molar-refractivity contribution >= 4 is 11.6 Å². The van der Waals surface area contributed by atoms with E-state index in [2.05, 4.69) is 39.5 Å². The molecule has 9 heteroatoms. The second-order valence-corrected chi connectivity index (χ2v) is 8.90. The monoisotopic (exact) mass is 479 g/mol. The zero-order valence-electron chi connectivity index (χ0n) is 19.8. The van der Waals surface area contributed by atoms with Gasteiger partial charge >= 0.3 is 5.69 Å². The first-order chi connectivity index (χ1) is 16.5. The van der Waals surface area contributed by atoms with Gasteiger partial charge in [0.2, 0.25) is 5.82 Å². The number of hydrogen-bond donors (Lipinski definition) is 1. The minimum atomic E-state index is -0.0385. The van der Waals surface area contributed by atoms with Gasteiger partial charge in [0.15, 0.2) is 0 Å². The molecule has 1 unspecified atom stereocenters. The highest BCUT2D eigenvalue weighted by molar-refractivity contribution is 6.30. The number of nitrogens with zero attached hydrogens (tertiary/aromatic N) is 6. The number of tetrazole rings is 1. The van der Waals surface area contributed by atoms with Crippen molar-refractivity contribution in [2.75, 3.05) is 0 Å². The number of H-pyrrole nitrogens is 1. The zero-order valence-corrected chi connectivity index (χ0v) is 20.6. The predicted molar refractivity (Wildman–Crippen MR) is 134 cm³/mol. The smallest absolute Gasteiger partial charge is 0.290 e. The summed E-state index contributed by atoms with van der Waals surface area (Å²) < 4.78 is 3.59. The molecule has 1 aromatic carbocycles. The summed E-state index contributed by atoms with van der Waals surface area (Å²) >= 11 is 6.74. The van der Waals surface area contributed by atoms with E-state index in [0.29, 0.717) is 17.5 Å². The Morgan fingerprint density at radius 1 is 1.09 bits per heavy atom. The summed E-state index contributed by atoms with van der Waals surface area (Å²) in [4.78, 5) is 17.5. The highest BCUT2D eigenvalue weighted by Crippen LogP contribution is 2.29. The minimum absolute atomic E-state index is 0.0385. The van der Waals surface area contributed by atoms with Crippen LogP contribution >= 0.6 is 11.6 Å². The summed E-state index contributed by atoms with van der Waals surface area (Å²) in [6.07, 6.45) is 8.37. The molecule has 4 rings (SSSR count). The van der Waals surface area contributed by atoms with Crippen LogP contribution in [0.1, 0.15) is 63.8 Å². The largest absolute Gasteiger partial charge is 0.330 e. The highest BCUT2D eigenvalue weighted by Gasteiger charge is 2.21. The van der Waals surface area contributed by atoms with E-state index in [1.165, 1.54) is 0 Å². The fraction of sp³-hybridized carbons (Fsp3) is 0.400. The Balaban J connectivity index is 1.65. The Bertz CT molecular complexity index is 1280. The van der Waals surface area contributed by atoms with E-state index in [4.69, 9.17) is 11.6 Å². The van der Waals surface area contributed by atoms with Crippen LogP contribution < -0.4 is 5.69 Å². The molecule has 0 radical (unpaired) electrons. The third-order valence-electron chi connectivity index (χ3n) is 6.27. The van der Waals surface area contributed by atoms with Crippen LogP contribution in [0.15, 0.2) is 47.5 Å². The van der Waals surface area contributed by atoms with Gasteiger partial charge in [-0.2, -0.15) is 5.21 Å². The van der Waals surface area contributed by atoms with Crippen molar-refractivity contribution in [1.82, 2.24) is 34.7 Å². The van der Waals surface area contributed by atoms with Gasteiger partial charge < -0.3 is 0 Å². The first-order valence-corrected chi connectivity index (χ1v) is 12.2. The van der Waals surface area contributed by atoms with Crippen molar-refractivity contribution in [3.05, 3.63) is 69.6 Å². The lowest BCUT2D eigenvalue weighted by Gasteiger charge is -2.10. The lowest BCUT2D eigenvalue weighted by Crippen LogP contribution is -2.27. The molecule has 1 N–H and O–H groups in total. The number of hydrogen-bond acceptors (Lipinski definition) is 5. The molecule has 4 aromatic rings. The predicted octanol–water partition coefficient (Wildman–Crippen LogP) is 5.30. The van der Waals surface area contributed by atoms with Crippen LogP contribution in [-0.4, -0.2) is 34.7 Å². The molecule has 0 fully saturated rings. The Morgan fingerprint density at radius 3 is 2.56 bits per heavy atom. The van der Waals surface area contributed by atoms with Crippen LogP contribution in [0.3, 0.4) is 0 Å². The zero-order chi connectivity index (χ0) is 24.1. The SMILES string of the molecule is CCCCCc1c(Cl)n(C(C)CC)c(=O)n1Cc1ccc(-c2ccncc2-c2nn[nH]n2)cc1. The molecule has 8 nitrogen and oxygen atoms in total. The van der Waals surface area contributed by atoms with Gasteiger partial charge in [-0.05, 0) is 54.2 Å². The van der Waals surface area contributed by atoms with Gasteiger partial charge in [0, 0.05) is 24.0 Å². The van der Waals surface area contributed by atoms with E-state index in [1.807, 2.05) is 41.8 Å². The molecule has 0 aliphatic carbocycles. The number of benzene rings is 1. The van der Waals surface area contributed by atoms with Crippen LogP contribution in [0.5, 0.6) is 0 Å². The maximum atomic E-state index is 13.3. The fourth-order valence-electron chi connectivity index (χ4n) is 4.16. The molecule has 0 saturated heterocycles. The summed E-state index contributed by atoms with van der Waals surface area (Å²) in [5, 5.41) is 14.9. The second-order valence-electron chi connectivity index (χ2n) is 8.54. The van der Waals surface area contributed by atoms with E-state index in [9.17, 15) is 4.79 Å². The molecule has 178 valence electrons. The number of nitrogens with one attached hydrogen (secondary N) is 1. The lowest BCUT2D eigenvalue weighted by molar-refractivity contribution is 0.505. The Labute approximate surface area is 204 Å². The second kappa shape index (κ2) is 10.8. The third kappa shape index (κ3) is 4.82. The maximum absolute atomic E-state index is 13.3. The topological polar surface area (TPSA) is 94.3 Å². The maximum Gasteiger partial charge on any atom is 0.330 e. The molecular formula is C25H30ClN7O. The first-order valence-electron chi connectivity index (χ1n) is 11.8. The summed E-state index contributed by atoms with van der Waals surface area (Å²) in [6, 6.07) is 10.2. The van der Waals surface area contributed by atoms with Crippen LogP contribution in [0.2, 0.25) is 5.15 Å². The third-order valence-corrected chi connectivity index (χ3v) is 6.67. The van der Waals surface area contributed by atoms with Gasteiger partial charge in [-0.3, -0.25) is 14.1 Å². The van der Waals surface area contributed by atoms with E-state index in [1.54, 1.807) is 17.0 Å². The van der Waals surface area contributed by atoms with Crippen molar-refractivity contribution in [3.8, 4) is 22.5 Å². The van der Waals surface area contributed by atoms with Crippen molar-refractivity contribution in [2.24, 2.45) is 0 Å². The average Bonchev–Trinajstić information content (AvgIpc) is 3.47. The van der Waals surface area contributed by atoms with E-state index < -0.39 is 0 Å². The summed E-state index contributed by atoms with van der Waals surface area (Å²) in [7, 11) is 0. The van der Waals surface area contributed by atoms with Gasteiger partial charge in [-0.25, -0.2) is 4.79 Å². The van der Waals surface area contributed by atoms with Crippen LogP contribution in [-0.2, 0) is 13.0 Å². The van der Waals surface area contributed by atoms with Crippen LogP contribution in [0, 0.1) is 0 Å². The summed E-state index contributed by atoms with van der Waals surface area (Å²) in [5.74, 6) is 0.497. The molecule has 1 atom stereocenters. The van der Waals surface area contributed by atoms with Crippen molar-refractivity contribution in [3.63, 3.8) is 0 Å². The van der Waals surface area contributed by atoms with E-state index in [0.717, 1.165) is 60.1 Å². The first kappa shape index (κ1) is 23.9. The van der Waals surface area contributed by atoms with Gasteiger partial charge in [0.05, 0.1) is 12.2 Å². The molecule has 3 heterocycles. The number of aromatic nitrogens is 7. The molecule has 0 aliphatic rings. The standard InChI is InChI=1S/C25H30ClN7O/c1-4-6-7-8-22-23(26)33(17(3)5-2)25(34)32(22)16-18-9-11-19(12-10-18)20-13-14-27-15-21(20)24-28-30-31-29-24/h9-15,17H,4-8,16H2,1-3H3,(H,28,29,30,31). The molecule has 0 saturated carbocycles. The molecule has 0 bridgehead atoms. The van der Waals surface area contributed by atoms with Gasteiger partial charge in [0.1, 0.15) is 5.15 Å². The number of imidazole rings is 1. The lowest BCUT2D eigenvalue weighted by atomic mass is 10.00. The molecule has 0 spiro atoms. The molecular weight excluding hydrogens is 450 g/mol. The fourth-order valence-corrected chi connectivity index (χ4v) is 4.60. The summed E-state index contributed by atoms with van der Waals surface area (Å²) in [6.45, 7) is 6.77. The molecule has 0 aliphatic heterocycles. The number of aromatic amines is 1. The van der Waals surface area contributed by atoms with E-state index in [-0.39, 0.29) is 11.7 Å². The average molecular weight is 480 g/mol. The number of rotatable bonds is 10. The van der Waals surface area contributed by atoms with Gasteiger partial charge in [-0.15, -0.1) is 10.2 Å². The molecule has 0 amide bonds. The Kier molecular flexibility index (Phi) is 7.57. The normalized spacial score (nSPS) is 12.2. The molecule has 34 heavy (non-hydrogen) atoms. The van der Waals surface area contributed by atoms with E-state index >= 15 is 0 Å². The summed E-state index contributed by atoms with van der Waals surface area (Å²) in [5.41, 5.74) is 4.70. The molecule has 3 aromatic heterocycles. The Morgan fingerprint density at radius 2 is 1.88 bits per heavy atom. The van der Waals surface area contributed by atoms with Crippen LogP contribution in [0.25, 0.3) is 22.5 Å². The minimum Gasteiger partial charge on any atom is -0.290 e. The number of pyridine rings is 1. The highest BCUT2D eigenvalue weighted by atomic mass is 35.5. The number of unbranched alkanes of at least 4 members (excludes halogenated alkanes) is 2. The Hall–Kier alpha value is -3.26.